The first-order valence-electron chi connectivity index (χ1n) is 7.42. The van der Waals surface area contributed by atoms with Gasteiger partial charge >= 0.3 is 0 Å². The third-order valence-electron chi connectivity index (χ3n) is 3.84. The van der Waals surface area contributed by atoms with E-state index in [9.17, 15) is 13.5 Å². The number of thiophene rings is 1. The Morgan fingerprint density at radius 2 is 2.21 bits per heavy atom. The summed E-state index contributed by atoms with van der Waals surface area (Å²) in [6, 6.07) is 10.1. The summed E-state index contributed by atoms with van der Waals surface area (Å²) in [5.41, 5.74) is 0. The maximum absolute atomic E-state index is 12.8. The van der Waals surface area contributed by atoms with Crippen molar-refractivity contribution in [1.82, 2.24) is 4.31 Å². The Morgan fingerprint density at radius 1 is 1.38 bits per heavy atom. The monoisotopic (exact) mass is 380 g/mol. The number of hydrogen-bond donors (Lipinski definition) is 1. The molecule has 0 amide bonds. The van der Waals surface area contributed by atoms with E-state index in [0.29, 0.717) is 18.0 Å². The predicted molar refractivity (Wildman–Crippen MR) is 95.1 cm³/mol. The van der Waals surface area contributed by atoms with Gasteiger partial charge in [-0.25, -0.2) is 13.3 Å². The summed E-state index contributed by atoms with van der Waals surface area (Å²) < 4.78 is 28.0. The summed E-state index contributed by atoms with van der Waals surface area (Å²) >= 11 is 2.83. The zero-order valence-corrected chi connectivity index (χ0v) is 15.2. The minimum Gasteiger partial charge on any atom is -0.395 e. The largest absolute Gasteiger partial charge is 0.395 e. The summed E-state index contributed by atoms with van der Waals surface area (Å²) in [7, 11) is -3.60. The molecule has 0 aliphatic carbocycles. The van der Waals surface area contributed by atoms with E-state index in [-0.39, 0.29) is 17.5 Å². The molecule has 3 rings (SSSR count). The normalized spacial score (nSPS) is 18.6. The molecule has 1 aromatic carbocycles. The number of nitrogens with zero attached hydrogens (tertiary/aromatic N) is 2. The molecule has 1 N–H and O–H groups in total. The van der Waals surface area contributed by atoms with Gasteiger partial charge in [0, 0.05) is 17.5 Å². The lowest BCUT2D eigenvalue weighted by molar-refractivity contribution is 0.213. The summed E-state index contributed by atoms with van der Waals surface area (Å²) in [6.45, 7) is 7.30. The molecule has 1 atom stereocenters. The van der Waals surface area contributed by atoms with Crippen LogP contribution in [-0.2, 0) is 10.0 Å². The van der Waals surface area contributed by atoms with Gasteiger partial charge in [0.1, 0.15) is 0 Å². The zero-order chi connectivity index (χ0) is 17.2. The van der Waals surface area contributed by atoms with E-state index in [1.165, 1.54) is 27.4 Å². The topological polar surface area (TPSA) is 62.0 Å². The Balaban J connectivity index is 1.85. The minimum absolute atomic E-state index is 0.151. The van der Waals surface area contributed by atoms with Crippen LogP contribution < -0.4 is 0 Å². The lowest BCUT2D eigenvalue weighted by Gasteiger charge is -2.22. The van der Waals surface area contributed by atoms with Crippen molar-refractivity contribution in [2.45, 2.75) is 32.9 Å². The Hall–Kier alpha value is -1.37. The summed E-state index contributed by atoms with van der Waals surface area (Å²) in [4.78, 5) is 4.45. The fourth-order valence-electron chi connectivity index (χ4n) is 2.68. The second-order valence-corrected chi connectivity index (χ2v) is 9.70. The lowest BCUT2D eigenvalue weighted by atomic mass is 10.2. The van der Waals surface area contributed by atoms with Gasteiger partial charge in [0.2, 0.25) is 15.0 Å². The molecule has 1 aliphatic heterocycles. The number of aliphatic hydroxyl groups excluding tert-OH is 1. The zero-order valence-electron chi connectivity index (χ0n) is 12.8. The van der Waals surface area contributed by atoms with Crippen LogP contribution in [0.2, 0.25) is 0 Å². The second-order valence-electron chi connectivity index (χ2n) is 5.38. The Labute approximate surface area is 149 Å². The van der Waals surface area contributed by atoms with Crippen LogP contribution in [0.3, 0.4) is 0 Å². The smallest absolute Gasteiger partial charge is 0.243 e. The van der Waals surface area contributed by atoms with Crippen LogP contribution in [0, 0.1) is 6.57 Å². The average Bonchev–Trinajstić information content (AvgIpc) is 3.24. The summed E-state index contributed by atoms with van der Waals surface area (Å²) in [5.74, 6) is 0. The van der Waals surface area contributed by atoms with Gasteiger partial charge in [-0.2, -0.15) is 4.31 Å². The van der Waals surface area contributed by atoms with Gasteiger partial charge in [0.15, 0.2) is 0 Å². The van der Waals surface area contributed by atoms with Crippen LogP contribution >= 0.6 is 23.1 Å². The van der Waals surface area contributed by atoms with Crippen molar-refractivity contribution in [3.05, 3.63) is 47.8 Å². The van der Waals surface area contributed by atoms with Crippen molar-refractivity contribution in [3.63, 3.8) is 0 Å². The van der Waals surface area contributed by atoms with E-state index in [1.807, 2.05) is 12.1 Å². The van der Waals surface area contributed by atoms with Crippen LogP contribution in [0.5, 0.6) is 0 Å². The molecular weight excluding hydrogens is 364 g/mol. The number of sulfonamides is 1. The molecule has 1 aliphatic rings. The van der Waals surface area contributed by atoms with Gasteiger partial charge in [-0.3, -0.25) is 0 Å². The van der Waals surface area contributed by atoms with Crippen LogP contribution in [0.4, 0.5) is 5.00 Å². The third kappa shape index (κ3) is 3.50. The van der Waals surface area contributed by atoms with Crippen molar-refractivity contribution < 1.29 is 13.5 Å². The molecule has 1 saturated heterocycles. The van der Waals surface area contributed by atoms with Crippen LogP contribution in [-0.4, -0.2) is 37.0 Å². The third-order valence-corrected chi connectivity index (χ3v) is 7.89. The molecule has 1 aromatic heterocycles. The highest BCUT2D eigenvalue weighted by molar-refractivity contribution is 8.01. The van der Waals surface area contributed by atoms with E-state index in [4.69, 9.17) is 6.57 Å². The summed E-state index contributed by atoms with van der Waals surface area (Å²) in [5, 5.41) is 10.0. The highest BCUT2D eigenvalue weighted by Crippen LogP contribution is 2.38. The number of hydrogen-bond acceptors (Lipinski definition) is 5. The van der Waals surface area contributed by atoms with Gasteiger partial charge in [-0.15, -0.1) is 11.3 Å². The van der Waals surface area contributed by atoms with Gasteiger partial charge in [-0.05, 0) is 43.2 Å². The van der Waals surface area contributed by atoms with Crippen LogP contribution in [0.25, 0.3) is 4.85 Å². The molecule has 1 fully saturated rings. The number of rotatable bonds is 5. The molecule has 2 heterocycles. The molecular formula is C16H16N2O3S3. The Morgan fingerprint density at radius 3 is 2.92 bits per heavy atom. The van der Waals surface area contributed by atoms with Gasteiger partial charge < -0.3 is 5.11 Å². The number of aliphatic hydroxyl groups is 1. The maximum atomic E-state index is 12.8. The molecule has 5 nitrogen and oxygen atoms in total. The van der Waals surface area contributed by atoms with Gasteiger partial charge in [0.05, 0.1) is 22.3 Å². The molecule has 8 heteroatoms. The van der Waals surface area contributed by atoms with Gasteiger partial charge in [0.25, 0.3) is 0 Å². The fraction of sp³-hybridized carbons (Fsp3) is 0.312. The first-order valence-corrected chi connectivity index (χ1v) is 10.5. The Bertz CT molecular complexity index is 871. The average molecular weight is 381 g/mol. The molecule has 0 spiro atoms. The molecule has 0 bridgehead atoms. The second kappa shape index (κ2) is 7.25. The van der Waals surface area contributed by atoms with Crippen molar-refractivity contribution in [1.29, 1.82) is 0 Å². The molecule has 0 unspecified atom stereocenters. The quantitative estimate of drug-likeness (QED) is 0.805. The van der Waals surface area contributed by atoms with Crippen molar-refractivity contribution in [3.8, 4) is 0 Å². The van der Waals surface area contributed by atoms with Crippen LogP contribution in [0.15, 0.2) is 50.4 Å². The van der Waals surface area contributed by atoms with Crippen molar-refractivity contribution >= 4 is 38.1 Å². The standard InChI is InChI=1S/C16H16N2O3S3/c1-17-15-7-8-16(23-15)22-13-5-2-6-14(10-13)24(20,21)18-9-3-4-12(18)11-19/h2,5-8,10,12,19H,3-4,9,11H2/t12-/m0/s1. The highest BCUT2D eigenvalue weighted by Gasteiger charge is 2.34. The molecule has 126 valence electrons. The van der Waals surface area contributed by atoms with E-state index >= 15 is 0 Å². The van der Waals surface area contributed by atoms with E-state index in [2.05, 4.69) is 4.85 Å². The van der Waals surface area contributed by atoms with Crippen molar-refractivity contribution in [2.75, 3.05) is 13.2 Å². The van der Waals surface area contributed by atoms with Crippen molar-refractivity contribution in [2.24, 2.45) is 0 Å². The van der Waals surface area contributed by atoms with E-state index in [1.54, 1.807) is 24.3 Å². The summed E-state index contributed by atoms with van der Waals surface area (Å²) in [6.07, 6.45) is 1.46. The molecule has 0 radical (unpaired) electrons. The maximum Gasteiger partial charge on any atom is 0.243 e. The first kappa shape index (κ1) is 17.5. The Kier molecular flexibility index (Phi) is 5.27. The first-order chi connectivity index (χ1) is 11.5. The van der Waals surface area contributed by atoms with Crippen LogP contribution in [0.1, 0.15) is 12.8 Å². The molecule has 0 saturated carbocycles. The minimum atomic E-state index is -3.60. The van der Waals surface area contributed by atoms with E-state index in [0.717, 1.165) is 15.5 Å². The predicted octanol–water partition coefficient (Wildman–Crippen LogP) is 3.60. The van der Waals surface area contributed by atoms with Gasteiger partial charge in [-0.1, -0.05) is 17.8 Å². The van der Waals surface area contributed by atoms with E-state index < -0.39 is 10.0 Å². The SMILES string of the molecule is [C-]#[N+]c1ccc(Sc2cccc(S(=O)(=O)N3CCC[C@H]3CO)c2)s1. The highest BCUT2D eigenvalue weighted by atomic mass is 32.2. The lowest BCUT2D eigenvalue weighted by Crippen LogP contribution is -2.37. The molecule has 2 aromatic rings. The molecule has 24 heavy (non-hydrogen) atoms. The number of benzene rings is 1. The fourth-order valence-corrected chi connectivity index (χ4v) is 6.43.